The number of nitrogens with two attached hydrogens (primary N) is 1. The Bertz CT molecular complexity index is 1030. The monoisotopic (exact) mass is 494 g/mol. The SMILES string of the molecule is CC(C)Cc1nc(-c2cnc(N)c(C(F)(F)F)c2)cn1C1[C@H]2C[C@@H](N3CCN(CCF)CC3)C[C@@H]12. The van der Waals surface area contributed by atoms with Crippen LogP contribution in [0.5, 0.6) is 0 Å². The smallest absolute Gasteiger partial charge is 0.383 e. The lowest BCUT2D eigenvalue weighted by atomic mass is 10.1. The maximum atomic E-state index is 13.4. The molecular formula is C25H34F4N6. The molecule has 0 aromatic carbocycles. The van der Waals surface area contributed by atoms with Crippen LogP contribution in [0.4, 0.5) is 23.4 Å². The number of alkyl halides is 4. The van der Waals surface area contributed by atoms with Crippen molar-refractivity contribution in [1.82, 2.24) is 24.3 Å². The van der Waals surface area contributed by atoms with Crippen LogP contribution in [0.3, 0.4) is 0 Å². The third kappa shape index (κ3) is 4.91. The van der Waals surface area contributed by atoms with Gasteiger partial charge in [0.1, 0.15) is 18.3 Å². The van der Waals surface area contributed by atoms with E-state index in [9.17, 15) is 17.6 Å². The van der Waals surface area contributed by atoms with Gasteiger partial charge in [0.2, 0.25) is 0 Å². The number of fused-ring (bicyclic) bond motifs is 1. The van der Waals surface area contributed by atoms with Crippen molar-refractivity contribution in [2.24, 2.45) is 17.8 Å². The fourth-order valence-corrected chi connectivity index (χ4v) is 6.15. The lowest BCUT2D eigenvalue weighted by Crippen LogP contribution is -2.50. The predicted octanol–water partition coefficient (Wildman–Crippen LogP) is 4.28. The summed E-state index contributed by atoms with van der Waals surface area (Å²) in [5.74, 6) is 1.94. The first kappa shape index (κ1) is 24.5. The Kier molecular flexibility index (Phi) is 6.54. The predicted molar refractivity (Wildman–Crippen MR) is 126 cm³/mol. The number of aromatic nitrogens is 3. The molecular weight excluding hydrogens is 460 g/mol. The first-order valence-electron chi connectivity index (χ1n) is 12.6. The summed E-state index contributed by atoms with van der Waals surface area (Å²) in [7, 11) is 0. The van der Waals surface area contributed by atoms with E-state index in [0.29, 0.717) is 47.6 Å². The van der Waals surface area contributed by atoms with Crippen LogP contribution in [-0.2, 0) is 12.6 Å². The third-order valence-corrected chi connectivity index (χ3v) is 7.94. The normalized spacial score (nSPS) is 27.5. The third-order valence-electron chi connectivity index (χ3n) is 7.94. The van der Waals surface area contributed by atoms with Crippen LogP contribution >= 0.6 is 0 Å². The molecule has 2 aromatic heterocycles. The second-order valence-corrected chi connectivity index (χ2v) is 10.7. The Balaban J connectivity index is 1.31. The van der Waals surface area contributed by atoms with Crippen molar-refractivity contribution in [3.05, 3.63) is 29.8 Å². The van der Waals surface area contributed by atoms with Crippen molar-refractivity contribution in [2.75, 3.05) is 45.1 Å². The van der Waals surface area contributed by atoms with Crippen LogP contribution < -0.4 is 5.73 Å². The Morgan fingerprint density at radius 1 is 1.11 bits per heavy atom. The molecule has 10 heteroatoms. The van der Waals surface area contributed by atoms with Crippen molar-refractivity contribution in [1.29, 1.82) is 0 Å². The zero-order valence-corrected chi connectivity index (χ0v) is 20.3. The summed E-state index contributed by atoms with van der Waals surface area (Å²) in [5.41, 5.74) is 5.42. The molecule has 2 saturated carbocycles. The number of halogens is 4. The van der Waals surface area contributed by atoms with Crippen molar-refractivity contribution in [3.8, 4) is 11.3 Å². The van der Waals surface area contributed by atoms with Crippen LogP contribution in [0, 0.1) is 17.8 Å². The molecule has 5 rings (SSSR count). The molecule has 1 saturated heterocycles. The standard InChI is InChI=1S/C25H34F4N6/c1-15(2)9-22-32-21(16-10-20(25(27,28)29)24(30)31-13-16)14-35(22)23-18-11-17(12-19(18)23)34-7-5-33(4-3-26)6-8-34/h10,13-15,17-19,23H,3-9,11-12H2,1-2H3,(H2,30,31)/t17-,18+,19-,23?. The Labute approximate surface area is 203 Å². The highest BCUT2D eigenvalue weighted by molar-refractivity contribution is 5.62. The Morgan fingerprint density at radius 3 is 2.40 bits per heavy atom. The molecule has 2 N–H and O–H groups in total. The lowest BCUT2D eigenvalue weighted by Gasteiger charge is -2.38. The molecule has 0 bridgehead atoms. The van der Waals surface area contributed by atoms with Gasteiger partial charge in [0.05, 0.1) is 11.3 Å². The molecule has 1 unspecified atom stereocenters. The van der Waals surface area contributed by atoms with E-state index in [4.69, 9.17) is 10.7 Å². The number of nitrogens with zero attached hydrogens (tertiary/aromatic N) is 5. The Morgan fingerprint density at radius 2 is 1.80 bits per heavy atom. The molecule has 3 fully saturated rings. The first-order chi connectivity index (χ1) is 16.7. The van der Waals surface area contributed by atoms with E-state index >= 15 is 0 Å². The highest BCUT2D eigenvalue weighted by Gasteiger charge is 2.58. The summed E-state index contributed by atoms with van der Waals surface area (Å²) in [6, 6.07) is 1.99. The van der Waals surface area contributed by atoms with Crippen LogP contribution in [0.2, 0.25) is 0 Å². The Hall–Kier alpha value is -2.20. The summed E-state index contributed by atoms with van der Waals surface area (Å²) in [4.78, 5) is 13.3. The van der Waals surface area contributed by atoms with Gasteiger partial charge in [-0.1, -0.05) is 13.8 Å². The van der Waals surface area contributed by atoms with Crippen LogP contribution in [0.1, 0.15) is 44.1 Å². The summed E-state index contributed by atoms with van der Waals surface area (Å²) in [5, 5.41) is 0. The molecule has 192 valence electrons. The van der Waals surface area contributed by atoms with Crippen molar-refractivity contribution < 1.29 is 17.6 Å². The molecule has 0 spiro atoms. The van der Waals surface area contributed by atoms with E-state index in [1.807, 2.05) is 6.20 Å². The van der Waals surface area contributed by atoms with Gasteiger partial charge in [-0.05, 0) is 36.7 Å². The van der Waals surface area contributed by atoms with Gasteiger partial charge in [-0.2, -0.15) is 13.2 Å². The maximum Gasteiger partial charge on any atom is 0.419 e. The van der Waals surface area contributed by atoms with Crippen molar-refractivity contribution >= 4 is 5.82 Å². The largest absolute Gasteiger partial charge is 0.419 e. The fraction of sp³-hybridized carbons (Fsp3) is 0.680. The molecule has 35 heavy (non-hydrogen) atoms. The van der Waals surface area contributed by atoms with Crippen LogP contribution in [-0.4, -0.2) is 69.8 Å². The van der Waals surface area contributed by atoms with Gasteiger partial charge in [0.25, 0.3) is 0 Å². The molecule has 3 heterocycles. The zero-order valence-electron chi connectivity index (χ0n) is 20.3. The summed E-state index contributed by atoms with van der Waals surface area (Å²) in [6.07, 6.45) is 1.77. The molecule has 4 atom stereocenters. The van der Waals surface area contributed by atoms with Crippen molar-refractivity contribution in [2.45, 2.75) is 51.4 Å². The molecule has 3 aliphatic rings. The number of hydrogen-bond acceptors (Lipinski definition) is 5. The molecule has 0 amide bonds. The minimum atomic E-state index is -4.56. The minimum Gasteiger partial charge on any atom is -0.383 e. The van der Waals surface area contributed by atoms with Gasteiger partial charge in [-0.3, -0.25) is 9.80 Å². The summed E-state index contributed by atoms with van der Waals surface area (Å²) in [6.45, 7) is 8.33. The molecule has 2 aromatic rings. The van der Waals surface area contributed by atoms with Crippen LogP contribution in [0.25, 0.3) is 11.3 Å². The van der Waals surface area contributed by atoms with E-state index in [1.165, 1.54) is 6.20 Å². The van der Waals surface area contributed by atoms with E-state index < -0.39 is 17.6 Å². The summed E-state index contributed by atoms with van der Waals surface area (Å²) >= 11 is 0. The number of pyridine rings is 1. The van der Waals surface area contributed by atoms with E-state index in [1.54, 1.807) is 0 Å². The van der Waals surface area contributed by atoms with E-state index in [0.717, 1.165) is 57.3 Å². The number of rotatable bonds is 7. The highest BCUT2D eigenvalue weighted by atomic mass is 19.4. The average molecular weight is 495 g/mol. The summed E-state index contributed by atoms with van der Waals surface area (Å²) < 4.78 is 55.0. The van der Waals surface area contributed by atoms with E-state index in [-0.39, 0.29) is 6.67 Å². The van der Waals surface area contributed by atoms with Gasteiger partial charge in [-0.25, -0.2) is 14.4 Å². The molecule has 1 aliphatic heterocycles. The maximum absolute atomic E-state index is 13.4. The average Bonchev–Trinajstić information content (AvgIpc) is 3.10. The number of anilines is 1. The van der Waals surface area contributed by atoms with Gasteiger partial charge in [-0.15, -0.1) is 0 Å². The second-order valence-electron chi connectivity index (χ2n) is 10.7. The number of piperazine rings is 1. The van der Waals surface area contributed by atoms with E-state index in [2.05, 4.69) is 33.2 Å². The highest BCUT2D eigenvalue weighted by Crippen LogP contribution is 2.62. The number of nitrogen functional groups attached to an aromatic ring is 1. The van der Waals surface area contributed by atoms with Gasteiger partial charge in [0.15, 0.2) is 0 Å². The molecule has 0 radical (unpaired) electrons. The minimum absolute atomic E-state index is 0.287. The van der Waals surface area contributed by atoms with Gasteiger partial charge >= 0.3 is 6.18 Å². The first-order valence-corrected chi connectivity index (χ1v) is 12.6. The molecule has 2 aliphatic carbocycles. The van der Waals surface area contributed by atoms with Gasteiger partial charge < -0.3 is 10.3 Å². The zero-order chi connectivity index (χ0) is 24.9. The number of imidazole rings is 1. The molecule has 6 nitrogen and oxygen atoms in total. The fourth-order valence-electron chi connectivity index (χ4n) is 6.15. The number of hydrogen-bond donors (Lipinski definition) is 1. The quantitative estimate of drug-likeness (QED) is 0.582. The van der Waals surface area contributed by atoms with Gasteiger partial charge in [0, 0.05) is 69.2 Å². The van der Waals surface area contributed by atoms with Crippen LogP contribution in [0.15, 0.2) is 18.5 Å². The lowest BCUT2D eigenvalue weighted by molar-refractivity contribution is -0.137. The van der Waals surface area contributed by atoms with Crippen molar-refractivity contribution in [3.63, 3.8) is 0 Å². The second kappa shape index (κ2) is 9.35. The topological polar surface area (TPSA) is 63.2 Å².